The molecule has 22 heavy (non-hydrogen) atoms. The Morgan fingerprint density at radius 1 is 1.32 bits per heavy atom. The van der Waals surface area contributed by atoms with E-state index in [0.29, 0.717) is 6.42 Å². The normalized spacial score (nSPS) is 21.9. The summed E-state index contributed by atoms with van der Waals surface area (Å²) in [4.78, 5) is 14.6. The minimum absolute atomic E-state index is 0.0200. The van der Waals surface area contributed by atoms with Gasteiger partial charge in [0.1, 0.15) is 0 Å². The van der Waals surface area contributed by atoms with E-state index in [9.17, 15) is 4.79 Å². The molecule has 1 aliphatic rings. The maximum absolute atomic E-state index is 12.3. The summed E-state index contributed by atoms with van der Waals surface area (Å²) in [6.45, 7) is 0.984. The Hall–Kier alpha value is -2.21. The van der Waals surface area contributed by atoms with Crippen LogP contribution in [0, 0.1) is 0 Å². The first-order chi connectivity index (χ1) is 10.6. The lowest BCUT2D eigenvalue weighted by Gasteiger charge is -2.26. The molecule has 1 N–H and O–H groups in total. The maximum Gasteiger partial charge on any atom is 0.226 e. The van der Waals surface area contributed by atoms with E-state index < -0.39 is 0 Å². The average Bonchev–Trinajstić information content (AvgIpc) is 3.07. The van der Waals surface area contributed by atoms with Gasteiger partial charge in [-0.3, -0.25) is 14.4 Å². The van der Waals surface area contributed by atoms with E-state index in [1.807, 2.05) is 18.2 Å². The third kappa shape index (κ3) is 3.01. The average molecular weight is 299 g/mol. The largest absolute Gasteiger partial charge is 0.351 e. The van der Waals surface area contributed by atoms with Crippen LogP contribution < -0.4 is 5.32 Å². The fourth-order valence-corrected chi connectivity index (χ4v) is 3.13. The van der Waals surface area contributed by atoms with Crippen LogP contribution in [0.2, 0.25) is 0 Å². The molecule has 116 valence electrons. The predicted molar refractivity (Wildman–Crippen MR) is 83.1 cm³/mol. The number of hydrogen-bond acceptors (Lipinski definition) is 4. The lowest BCUT2D eigenvalue weighted by atomic mass is 10.00. The topological polar surface area (TPSA) is 63.1 Å². The third-order valence-corrected chi connectivity index (χ3v) is 4.29. The highest BCUT2D eigenvalue weighted by Gasteiger charge is 2.33. The smallest absolute Gasteiger partial charge is 0.226 e. The minimum Gasteiger partial charge on any atom is -0.351 e. The van der Waals surface area contributed by atoms with Gasteiger partial charge >= 0.3 is 0 Å². The van der Waals surface area contributed by atoms with Crippen LogP contribution in [0.4, 0.5) is 0 Å². The van der Waals surface area contributed by atoms with Crippen molar-refractivity contribution in [2.75, 3.05) is 13.6 Å². The molecule has 0 bridgehead atoms. The van der Waals surface area contributed by atoms with E-state index in [0.717, 1.165) is 18.7 Å². The van der Waals surface area contributed by atoms with Gasteiger partial charge < -0.3 is 5.32 Å². The first kappa shape index (κ1) is 14.7. The number of hydrogen-bond donors (Lipinski definition) is 1. The number of likely N-dealkylation sites (N-methyl/N-ethyl adjacent to an activating group) is 1. The number of benzene rings is 1. The van der Waals surface area contributed by atoms with Crippen LogP contribution in [0.25, 0.3) is 0 Å². The molecular formula is C16H21N5O. The monoisotopic (exact) mass is 299 g/mol. The van der Waals surface area contributed by atoms with Crippen LogP contribution in [0.15, 0.2) is 36.5 Å². The number of rotatable bonds is 4. The summed E-state index contributed by atoms with van der Waals surface area (Å²) < 4.78 is 1.63. The Kier molecular flexibility index (Phi) is 4.20. The maximum atomic E-state index is 12.3. The number of carbonyl (C=O) groups is 1. The summed E-state index contributed by atoms with van der Waals surface area (Å²) in [5.74, 6) is 0.0200. The van der Waals surface area contributed by atoms with E-state index in [-0.39, 0.29) is 18.0 Å². The van der Waals surface area contributed by atoms with Crippen molar-refractivity contribution < 1.29 is 4.79 Å². The molecule has 0 radical (unpaired) electrons. The van der Waals surface area contributed by atoms with Crippen LogP contribution in [0.3, 0.4) is 0 Å². The Balaban J connectivity index is 1.68. The fourth-order valence-electron chi connectivity index (χ4n) is 3.13. The summed E-state index contributed by atoms with van der Waals surface area (Å²) in [5, 5.41) is 10.8. The Labute approximate surface area is 130 Å². The summed E-state index contributed by atoms with van der Waals surface area (Å²) in [5.41, 5.74) is 2.06. The summed E-state index contributed by atoms with van der Waals surface area (Å²) in [7, 11) is 3.90. The lowest BCUT2D eigenvalue weighted by Crippen LogP contribution is -2.39. The van der Waals surface area contributed by atoms with Crippen molar-refractivity contribution in [3.8, 4) is 0 Å². The zero-order valence-corrected chi connectivity index (χ0v) is 12.9. The zero-order valence-electron chi connectivity index (χ0n) is 12.9. The van der Waals surface area contributed by atoms with Gasteiger partial charge in [0.2, 0.25) is 5.91 Å². The molecule has 1 fully saturated rings. The molecule has 2 heterocycles. The van der Waals surface area contributed by atoms with Gasteiger partial charge in [-0.25, -0.2) is 0 Å². The van der Waals surface area contributed by atoms with Crippen molar-refractivity contribution >= 4 is 5.91 Å². The van der Waals surface area contributed by atoms with Crippen LogP contribution >= 0.6 is 0 Å². The van der Waals surface area contributed by atoms with Gasteiger partial charge in [-0.1, -0.05) is 35.5 Å². The molecule has 2 atom stereocenters. The molecule has 1 aromatic heterocycles. The molecule has 1 amide bonds. The summed E-state index contributed by atoms with van der Waals surface area (Å²) in [6, 6.07) is 10.7. The van der Waals surface area contributed by atoms with Gasteiger partial charge in [0.05, 0.1) is 24.4 Å². The third-order valence-electron chi connectivity index (χ3n) is 4.29. The number of carbonyl (C=O) groups excluding carboxylic acids is 1. The number of amides is 1. The number of aryl methyl sites for hydroxylation is 1. The van der Waals surface area contributed by atoms with E-state index in [4.69, 9.17) is 0 Å². The van der Waals surface area contributed by atoms with Crippen molar-refractivity contribution in [2.45, 2.75) is 24.9 Å². The van der Waals surface area contributed by atoms with Crippen LogP contribution in [0.1, 0.15) is 23.7 Å². The van der Waals surface area contributed by atoms with E-state index in [2.05, 4.69) is 39.7 Å². The van der Waals surface area contributed by atoms with Gasteiger partial charge in [-0.15, -0.1) is 5.10 Å². The van der Waals surface area contributed by atoms with Crippen molar-refractivity contribution in [2.24, 2.45) is 7.05 Å². The molecule has 3 rings (SSSR count). The number of likely N-dealkylation sites (tertiary alicyclic amines) is 1. The van der Waals surface area contributed by atoms with Crippen LogP contribution in [0.5, 0.6) is 0 Å². The fraction of sp³-hybridized carbons (Fsp3) is 0.438. The van der Waals surface area contributed by atoms with Gasteiger partial charge in [-0.2, -0.15) is 0 Å². The molecular weight excluding hydrogens is 278 g/mol. The SMILES string of the molecule is CN1CCC(NC(=O)Cc2cnnn2C)C1c1ccccc1. The second-order valence-corrected chi connectivity index (χ2v) is 5.82. The molecule has 0 spiro atoms. The Bertz CT molecular complexity index is 639. The number of aromatic nitrogens is 3. The zero-order chi connectivity index (χ0) is 15.5. The summed E-state index contributed by atoms with van der Waals surface area (Å²) >= 11 is 0. The molecule has 6 nitrogen and oxygen atoms in total. The number of nitrogens with zero attached hydrogens (tertiary/aromatic N) is 4. The standard InChI is InChI=1S/C16H21N5O/c1-20-9-8-14(16(20)12-6-4-3-5-7-12)18-15(22)10-13-11-17-19-21(13)2/h3-7,11,14,16H,8-10H2,1-2H3,(H,18,22). The molecule has 0 saturated carbocycles. The van der Waals surface area contributed by atoms with Crippen molar-refractivity contribution in [3.05, 3.63) is 47.8 Å². The quantitative estimate of drug-likeness (QED) is 0.912. The summed E-state index contributed by atoms with van der Waals surface area (Å²) in [6.07, 6.45) is 2.91. The molecule has 0 aliphatic carbocycles. The highest BCUT2D eigenvalue weighted by Crippen LogP contribution is 2.30. The number of nitrogens with one attached hydrogen (secondary N) is 1. The van der Waals surface area contributed by atoms with Gasteiger partial charge in [0.25, 0.3) is 0 Å². The first-order valence-corrected chi connectivity index (χ1v) is 7.53. The highest BCUT2D eigenvalue weighted by atomic mass is 16.1. The molecule has 1 saturated heterocycles. The molecule has 1 aromatic carbocycles. The molecule has 1 aliphatic heterocycles. The highest BCUT2D eigenvalue weighted by molar-refractivity contribution is 5.78. The molecule has 6 heteroatoms. The van der Waals surface area contributed by atoms with Crippen LogP contribution in [-0.2, 0) is 18.3 Å². The van der Waals surface area contributed by atoms with Crippen molar-refractivity contribution in [3.63, 3.8) is 0 Å². The molecule has 2 aromatic rings. The Morgan fingerprint density at radius 3 is 2.77 bits per heavy atom. The second kappa shape index (κ2) is 6.27. The lowest BCUT2D eigenvalue weighted by molar-refractivity contribution is -0.121. The van der Waals surface area contributed by atoms with E-state index >= 15 is 0 Å². The second-order valence-electron chi connectivity index (χ2n) is 5.82. The van der Waals surface area contributed by atoms with Crippen molar-refractivity contribution in [1.29, 1.82) is 0 Å². The van der Waals surface area contributed by atoms with Gasteiger partial charge in [-0.05, 0) is 19.0 Å². The van der Waals surface area contributed by atoms with E-state index in [1.54, 1.807) is 17.9 Å². The first-order valence-electron chi connectivity index (χ1n) is 7.53. The van der Waals surface area contributed by atoms with Crippen molar-refractivity contribution in [1.82, 2.24) is 25.2 Å². The predicted octanol–water partition coefficient (Wildman–Crippen LogP) is 0.919. The van der Waals surface area contributed by atoms with Gasteiger partial charge in [0.15, 0.2) is 0 Å². The Morgan fingerprint density at radius 2 is 2.09 bits per heavy atom. The van der Waals surface area contributed by atoms with Crippen LogP contribution in [-0.4, -0.2) is 45.4 Å². The molecule has 2 unspecified atom stereocenters. The minimum atomic E-state index is 0.0200. The van der Waals surface area contributed by atoms with Gasteiger partial charge in [0, 0.05) is 19.6 Å². The van der Waals surface area contributed by atoms with E-state index in [1.165, 1.54) is 5.56 Å².